The van der Waals surface area contributed by atoms with Crippen molar-refractivity contribution in [3.8, 4) is 0 Å². The predicted molar refractivity (Wildman–Crippen MR) is 105 cm³/mol. The molecule has 142 valence electrons. The summed E-state index contributed by atoms with van der Waals surface area (Å²) in [5.41, 5.74) is 7.08. The van der Waals surface area contributed by atoms with E-state index in [9.17, 15) is 0 Å². The molecule has 5 nitrogen and oxygen atoms in total. The summed E-state index contributed by atoms with van der Waals surface area (Å²) in [5, 5.41) is 0. The van der Waals surface area contributed by atoms with E-state index in [2.05, 4.69) is 30.3 Å². The van der Waals surface area contributed by atoms with Crippen LogP contribution in [0.4, 0.5) is 0 Å². The van der Waals surface area contributed by atoms with E-state index < -0.39 is 8.80 Å². The first-order chi connectivity index (χ1) is 10.7. The lowest BCUT2D eigenvalue weighted by Gasteiger charge is -2.25. The van der Waals surface area contributed by atoms with Gasteiger partial charge in [-0.05, 0) is 43.7 Å². The quantitative estimate of drug-likeness (QED) is 0.539. The Hall–Kier alpha value is -0.473. The first kappa shape index (κ1) is 25.8. The molecule has 0 spiro atoms. The molecular formula is C17H35ClN2O3Si. The summed E-state index contributed by atoms with van der Waals surface area (Å²) in [5.74, 6) is 0.656. The highest BCUT2D eigenvalue weighted by atomic mass is 35.5. The van der Waals surface area contributed by atoms with Gasteiger partial charge in [0.25, 0.3) is 0 Å². The number of hydrogen-bond acceptors (Lipinski definition) is 5. The van der Waals surface area contributed by atoms with Crippen molar-refractivity contribution in [1.29, 1.82) is 0 Å². The zero-order valence-corrected chi connectivity index (χ0v) is 17.1. The molecule has 0 radical (unpaired) electrons. The molecule has 0 saturated carbocycles. The van der Waals surface area contributed by atoms with E-state index in [4.69, 9.17) is 19.0 Å². The summed E-state index contributed by atoms with van der Waals surface area (Å²) in [7, 11) is 2.59. The second kappa shape index (κ2) is 14.8. The van der Waals surface area contributed by atoms with E-state index >= 15 is 0 Å². The number of hydrogen-bond donors (Lipinski definition) is 2. The highest BCUT2D eigenvalue weighted by Gasteiger charge is 2.37. The molecule has 0 aromatic heterocycles. The van der Waals surface area contributed by atoms with Gasteiger partial charge in [0.1, 0.15) is 0 Å². The van der Waals surface area contributed by atoms with Crippen molar-refractivity contribution >= 4 is 21.2 Å². The fourth-order valence-corrected chi connectivity index (χ4v) is 4.62. The Labute approximate surface area is 154 Å². The van der Waals surface area contributed by atoms with E-state index in [-0.39, 0.29) is 18.6 Å². The van der Waals surface area contributed by atoms with Crippen LogP contribution in [-0.4, -0.2) is 36.7 Å². The van der Waals surface area contributed by atoms with Gasteiger partial charge in [0, 0.05) is 27.4 Å². The standard InChI is InChI=1S/C17H31NO3Si.ClH.H3N/c1-19-22(20-2,21-3)14-8-12-17(11-7-13-18)15-16-9-5-4-6-10-16;;/h4-6,9-10,17H,7-8,11-15,18H2,1-3H3;1H;1H3. The number of benzene rings is 1. The summed E-state index contributed by atoms with van der Waals surface area (Å²) in [6, 6.07) is 11.5. The second-order valence-electron chi connectivity index (χ2n) is 5.67. The maximum Gasteiger partial charge on any atom is 0.500 e. The zero-order valence-electron chi connectivity index (χ0n) is 15.3. The summed E-state index contributed by atoms with van der Waals surface area (Å²) < 4.78 is 16.5. The number of rotatable bonds is 12. The molecule has 1 rings (SSSR count). The summed E-state index contributed by atoms with van der Waals surface area (Å²) in [6.07, 6.45) is 5.58. The van der Waals surface area contributed by atoms with Gasteiger partial charge in [0.05, 0.1) is 0 Å². The minimum Gasteiger partial charge on any atom is -0.377 e. The first-order valence-electron chi connectivity index (χ1n) is 8.09. The third kappa shape index (κ3) is 9.13. The second-order valence-corrected chi connectivity index (χ2v) is 8.77. The molecule has 24 heavy (non-hydrogen) atoms. The molecule has 7 heteroatoms. The van der Waals surface area contributed by atoms with Crippen molar-refractivity contribution in [2.24, 2.45) is 11.7 Å². The topological polar surface area (TPSA) is 88.7 Å². The average molecular weight is 379 g/mol. The Morgan fingerprint density at radius 3 is 2.00 bits per heavy atom. The number of nitrogens with two attached hydrogens (primary N) is 1. The van der Waals surface area contributed by atoms with Crippen LogP contribution in [0.1, 0.15) is 31.2 Å². The molecule has 0 amide bonds. The minimum absolute atomic E-state index is 0. The van der Waals surface area contributed by atoms with Crippen LogP contribution < -0.4 is 11.9 Å². The maximum atomic E-state index is 5.68. The molecule has 0 saturated heterocycles. The first-order valence-corrected chi connectivity index (χ1v) is 10.0. The molecule has 0 fully saturated rings. The lowest BCUT2D eigenvalue weighted by atomic mass is 9.91. The van der Waals surface area contributed by atoms with Gasteiger partial charge in [0.2, 0.25) is 0 Å². The normalized spacial score (nSPS) is 12.2. The monoisotopic (exact) mass is 378 g/mol. The van der Waals surface area contributed by atoms with Gasteiger partial charge in [-0.25, -0.2) is 0 Å². The number of halogens is 1. The fourth-order valence-electron chi connectivity index (χ4n) is 2.87. The van der Waals surface area contributed by atoms with Gasteiger partial charge in [-0.3, -0.25) is 0 Å². The van der Waals surface area contributed by atoms with E-state index in [1.54, 1.807) is 21.3 Å². The molecule has 0 bridgehead atoms. The van der Waals surface area contributed by atoms with Crippen molar-refractivity contribution in [1.82, 2.24) is 6.15 Å². The van der Waals surface area contributed by atoms with Crippen LogP contribution in [0.15, 0.2) is 30.3 Å². The Bertz CT molecular complexity index is 386. The average Bonchev–Trinajstić information content (AvgIpc) is 2.58. The van der Waals surface area contributed by atoms with Gasteiger partial charge in [-0.2, -0.15) is 0 Å². The molecule has 1 unspecified atom stereocenters. The summed E-state index contributed by atoms with van der Waals surface area (Å²) in [6.45, 7) is 0.762. The smallest absolute Gasteiger partial charge is 0.377 e. The Kier molecular flexibility index (Phi) is 15.9. The van der Waals surface area contributed by atoms with Gasteiger partial charge in [-0.15, -0.1) is 12.4 Å². The highest BCUT2D eigenvalue weighted by Crippen LogP contribution is 2.24. The third-order valence-corrected chi connectivity index (χ3v) is 7.04. The van der Waals surface area contributed by atoms with E-state index in [1.807, 2.05) is 0 Å². The highest BCUT2D eigenvalue weighted by molar-refractivity contribution is 6.60. The summed E-state index contributed by atoms with van der Waals surface area (Å²) in [4.78, 5) is 0. The summed E-state index contributed by atoms with van der Waals surface area (Å²) >= 11 is 0. The minimum atomic E-state index is -2.43. The lowest BCUT2D eigenvalue weighted by Crippen LogP contribution is -2.42. The molecule has 0 aliphatic heterocycles. The van der Waals surface area contributed by atoms with Crippen LogP contribution in [0.5, 0.6) is 0 Å². The molecule has 1 aromatic carbocycles. The molecule has 1 atom stereocenters. The van der Waals surface area contributed by atoms with Crippen LogP contribution in [0.3, 0.4) is 0 Å². The van der Waals surface area contributed by atoms with Crippen molar-refractivity contribution in [2.75, 3.05) is 27.9 Å². The molecule has 0 aliphatic rings. The van der Waals surface area contributed by atoms with E-state index in [0.717, 1.165) is 38.3 Å². The van der Waals surface area contributed by atoms with Crippen LogP contribution in [0.25, 0.3) is 0 Å². The fraction of sp³-hybridized carbons (Fsp3) is 0.647. The maximum absolute atomic E-state index is 5.68. The van der Waals surface area contributed by atoms with Crippen LogP contribution in [-0.2, 0) is 19.7 Å². The Morgan fingerprint density at radius 1 is 0.958 bits per heavy atom. The molecule has 0 heterocycles. The van der Waals surface area contributed by atoms with Crippen LogP contribution in [0, 0.1) is 5.92 Å². The largest absolute Gasteiger partial charge is 0.500 e. The van der Waals surface area contributed by atoms with E-state index in [1.165, 1.54) is 12.0 Å². The third-order valence-electron chi connectivity index (χ3n) is 4.21. The Balaban J connectivity index is 0. The lowest BCUT2D eigenvalue weighted by molar-refractivity contribution is 0.122. The van der Waals surface area contributed by atoms with Gasteiger partial charge >= 0.3 is 8.80 Å². The zero-order chi connectivity index (χ0) is 16.3. The van der Waals surface area contributed by atoms with Gasteiger partial charge < -0.3 is 25.2 Å². The Morgan fingerprint density at radius 2 is 1.50 bits per heavy atom. The van der Waals surface area contributed by atoms with Crippen molar-refractivity contribution in [2.45, 2.75) is 38.1 Å². The van der Waals surface area contributed by atoms with Crippen LogP contribution in [0.2, 0.25) is 6.04 Å². The predicted octanol–water partition coefficient (Wildman–Crippen LogP) is 3.83. The van der Waals surface area contributed by atoms with Crippen LogP contribution >= 0.6 is 12.4 Å². The SMILES string of the molecule is CO[Si](CCCC(CCCN)Cc1ccccc1)(OC)OC.Cl.N. The van der Waals surface area contributed by atoms with Crippen molar-refractivity contribution < 1.29 is 13.3 Å². The molecule has 1 aromatic rings. The molecular weight excluding hydrogens is 344 g/mol. The van der Waals surface area contributed by atoms with Crippen molar-refractivity contribution in [3.63, 3.8) is 0 Å². The van der Waals surface area contributed by atoms with Gasteiger partial charge in [0.15, 0.2) is 0 Å². The molecule has 0 aliphatic carbocycles. The van der Waals surface area contributed by atoms with Gasteiger partial charge in [-0.1, -0.05) is 36.8 Å². The molecule has 5 N–H and O–H groups in total. The van der Waals surface area contributed by atoms with E-state index in [0.29, 0.717) is 5.92 Å². The van der Waals surface area contributed by atoms with Crippen molar-refractivity contribution in [3.05, 3.63) is 35.9 Å².